The molecule has 1 aromatic heterocycles. The van der Waals surface area contributed by atoms with Gasteiger partial charge in [0, 0.05) is 11.1 Å². The number of carbonyl (C=O) groups is 1. The number of hydrogen-bond acceptors (Lipinski definition) is 4. The van der Waals surface area contributed by atoms with E-state index < -0.39 is 10.7 Å². The molecule has 0 saturated carbocycles. The summed E-state index contributed by atoms with van der Waals surface area (Å²) in [6, 6.07) is 6.32. The van der Waals surface area contributed by atoms with Gasteiger partial charge in [0.2, 0.25) is 0 Å². The number of thiol groups is 1. The molecular weight excluding hydrogens is 292 g/mol. The molecule has 3 nitrogen and oxygen atoms in total. The van der Waals surface area contributed by atoms with Crippen molar-refractivity contribution in [2.75, 3.05) is 0 Å². The summed E-state index contributed by atoms with van der Waals surface area (Å²) in [5.41, 5.74) is 1.39. The highest BCUT2D eigenvalue weighted by molar-refractivity contribution is 7.71. The van der Waals surface area contributed by atoms with Crippen LogP contribution < -0.4 is 0 Å². The lowest BCUT2D eigenvalue weighted by Crippen LogP contribution is -2.01. The maximum atomic E-state index is 12.0. The van der Waals surface area contributed by atoms with Crippen LogP contribution in [0.4, 0.5) is 0 Å². The molecule has 0 atom stereocenters. The number of halogens is 1. The Morgan fingerprint density at radius 2 is 2.11 bits per heavy atom. The van der Waals surface area contributed by atoms with Crippen molar-refractivity contribution in [1.29, 1.82) is 0 Å². The highest BCUT2D eigenvalue weighted by Crippen LogP contribution is 2.22. The summed E-state index contributed by atoms with van der Waals surface area (Å²) < 4.78 is 21.2. The van der Waals surface area contributed by atoms with Crippen LogP contribution >= 0.6 is 22.9 Å². The Balaban J connectivity index is 2.33. The van der Waals surface area contributed by atoms with Gasteiger partial charge in [-0.05, 0) is 29.1 Å². The summed E-state index contributed by atoms with van der Waals surface area (Å²) in [4.78, 5) is 12.0. The lowest BCUT2D eigenvalue weighted by Gasteiger charge is -2.03. The Kier molecular flexibility index (Phi) is 4.16. The number of ketones is 1. The number of hydrogen-bond donors (Lipinski definition) is 1. The largest absolute Gasteiger partial charge is 0.288 e. The minimum atomic E-state index is -2.50. The predicted molar refractivity (Wildman–Crippen MR) is 72.1 cm³/mol. The van der Waals surface area contributed by atoms with Crippen LogP contribution in [0.5, 0.6) is 0 Å². The molecule has 0 bridgehead atoms. The second kappa shape index (κ2) is 5.65. The lowest BCUT2D eigenvalue weighted by atomic mass is 10.0. The van der Waals surface area contributed by atoms with Crippen LogP contribution in [0.1, 0.15) is 21.5 Å². The van der Waals surface area contributed by atoms with E-state index in [1.54, 1.807) is 23.6 Å². The van der Waals surface area contributed by atoms with Crippen LogP contribution in [0.25, 0.3) is 0 Å². The molecule has 0 aliphatic heterocycles. The average Bonchev–Trinajstić information content (AvgIpc) is 2.80. The molecule has 1 heterocycles. The molecule has 0 amide bonds. The van der Waals surface area contributed by atoms with Gasteiger partial charge in [0.25, 0.3) is 0 Å². The van der Waals surface area contributed by atoms with Crippen molar-refractivity contribution in [3.8, 4) is 0 Å². The van der Waals surface area contributed by atoms with E-state index in [9.17, 15) is 13.2 Å². The molecule has 0 saturated heterocycles. The zero-order valence-electron chi connectivity index (χ0n) is 9.05. The fourth-order valence-electron chi connectivity index (χ4n) is 1.49. The van der Waals surface area contributed by atoms with Crippen molar-refractivity contribution >= 4 is 39.4 Å². The topological polar surface area (TPSA) is 51.2 Å². The van der Waals surface area contributed by atoms with Gasteiger partial charge in [-0.2, -0.15) is 0 Å². The molecule has 0 unspecified atom stereocenters. The minimum absolute atomic E-state index is 0.0753. The van der Waals surface area contributed by atoms with Crippen LogP contribution in [0.15, 0.2) is 29.6 Å². The van der Waals surface area contributed by atoms with Crippen molar-refractivity contribution in [2.24, 2.45) is 0 Å². The molecule has 93 valence electrons. The van der Waals surface area contributed by atoms with E-state index in [2.05, 4.69) is 5.38 Å². The normalized spacial score (nSPS) is 10.8. The maximum Gasteiger partial charge on any atom is 0.196 e. The van der Waals surface area contributed by atoms with E-state index in [1.165, 1.54) is 17.4 Å². The third-order valence-electron chi connectivity index (χ3n) is 2.31. The molecule has 0 fully saturated rings. The fraction of sp³-hybridized carbons (Fsp3) is 0.0833. The van der Waals surface area contributed by atoms with Crippen LogP contribution in [-0.2, 0) is 16.5 Å². The van der Waals surface area contributed by atoms with E-state index in [1.807, 2.05) is 0 Å². The average molecular weight is 300 g/mol. The van der Waals surface area contributed by atoms with Gasteiger partial charge >= 0.3 is 0 Å². The maximum absolute atomic E-state index is 12.0. The number of carbonyl (C=O) groups excluding carboxylic acids is 1. The van der Waals surface area contributed by atoms with Crippen LogP contribution in [0.2, 0.25) is 5.02 Å². The molecular formula is C12H8ClO3S2. The number of thiophene rings is 1. The molecule has 1 aromatic carbocycles. The van der Waals surface area contributed by atoms with Crippen molar-refractivity contribution < 1.29 is 13.2 Å². The first-order valence-corrected chi connectivity index (χ1v) is 7.60. The monoisotopic (exact) mass is 299 g/mol. The third-order valence-corrected chi connectivity index (χ3v) is 3.85. The highest BCUT2D eigenvalue weighted by Gasteiger charge is 2.13. The van der Waals surface area contributed by atoms with Crippen molar-refractivity contribution in [3.63, 3.8) is 0 Å². The van der Waals surface area contributed by atoms with Crippen molar-refractivity contribution in [1.82, 2.24) is 0 Å². The first-order valence-electron chi connectivity index (χ1n) is 4.98. The Labute approximate surface area is 115 Å². The molecule has 0 aliphatic rings. The molecule has 0 N–H and O–H groups in total. The standard InChI is InChI=1S/C12H8ClO3S2/c13-11-5-8(7-18(15)16)1-2-10(11)12(14)9-3-4-17-6-9/h1-5,18H,7H2. The number of rotatable bonds is 4. The predicted octanol–water partition coefficient (Wildman–Crippen LogP) is 2.54. The molecule has 0 spiro atoms. The van der Waals surface area contributed by atoms with Gasteiger partial charge in [-0.1, -0.05) is 17.7 Å². The lowest BCUT2D eigenvalue weighted by molar-refractivity contribution is 0.103. The van der Waals surface area contributed by atoms with E-state index in [0.29, 0.717) is 16.7 Å². The molecule has 1 radical (unpaired) electrons. The van der Waals surface area contributed by atoms with Crippen LogP contribution in [-0.4, -0.2) is 14.2 Å². The summed E-state index contributed by atoms with van der Waals surface area (Å²) in [6.45, 7) is 0. The Morgan fingerprint density at radius 1 is 1.33 bits per heavy atom. The Morgan fingerprint density at radius 3 is 2.67 bits per heavy atom. The Hall–Kier alpha value is -1.17. The van der Waals surface area contributed by atoms with Gasteiger partial charge < -0.3 is 0 Å². The second-order valence-electron chi connectivity index (χ2n) is 3.57. The van der Waals surface area contributed by atoms with E-state index >= 15 is 0 Å². The molecule has 2 rings (SSSR count). The molecule has 18 heavy (non-hydrogen) atoms. The van der Waals surface area contributed by atoms with Crippen LogP contribution in [0.3, 0.4) is 0 Å². The smallest absolute Gasteiger partial charge is 0.196 e. The Bertz CT molecular complexity index is 637. The summed E-state index contributed by atoms with van der Waals surface area (Å²) in [7, 11) is -2.50. The summed E-state index contributed by atoms with van der Waals surface area (Å²) in [5.74, 6) is -0.284. The van der Waals surface area contributed by atoms with Crippen molar-refractivity contribution in [2.45, 2.75) is 5.75 Å². The van der Waals surface area contributed by atoms with E-state index in [-0.39, 0.29) is 16.6 Å². The van der Waals surface area contributed by atoms with E-state index in [0.717, 1.165) is 0 Å². The van der Waals surface area contributed by atoms with Gasteiger partial charge in [0.15, 0.2) is 5.78 Å². The first kappa shape index (κ1) is 13.3. The van der Waals surface area contributed by atoms with Gasteiger partial charge in [-0.3, -0.25) is 4.79 Å². The van der Waals surface area contributed by atoms with Gasteiger partial charge in [0.05, 0.1) is 16.2 Å². The molecule has 6 heteroatoms. The van der Waals surface area contributed by atoms with Gasteiger partial charge in [-0.15, -0.1) is 11.3 Å². The summed E-state index contributed by atoms with van der Waals surface area (Å²) in [5, 5.41) is 4.87. The minimum Gasteiger partial charge on any atom is -0.288 e. The second-order valence-corrected chi connectivity index (χ2v) is 5.67. The van der Waals surface area contributed by atoms with Crippen molar-refractivity contribution in [3.05, 3.63) is 56.7 Å². The zero-order valence-corrected chi connectivity index (χ0v) is 11.5. The van der Waals surface area contributed by atoms with Crippen LogP contribution in [0, 0.1) is 5.38 Å². The highest BCUT2D eigenvalue weighted by atomic mass is 35.5. The summed E-state index contributed by atoms with van der Waals surface area (Å²) in [6.07, 6.45) is 0. The third kappa shape index (κ3) is 2.98. The molecule has 0 aliphatic carbocycles. The van der Waals surface area contributed by atoms with Gasteiger partial charge in [-0.25, -0.2) is 8.42 Å². The van der Waals surface area contributed by atoms with Gasteiger partial charge in [0.1, 0.15) is 10.7 Å². The van der Waals surface area contributed by atoms with E-state index in [4.69, 9.17) is 11.6 Å². The fourth-order valence-corrected chi connectivity index (χ4v) is 2.83. The first-order chi connectivity index (χ1) is 8.58. The molecule has 2 aromatic rings. The zero-order chi connectivity index (χ0) is 13.1. The quantitative estimate of drug-likeness (QED) is 0.697. The number of benzene rings is 1. The summed E-state index contributed by atoms with van der Waals surface area (Å²) >= 11 is 7.31. The SMILES string of the molecule is O=C(c1[c]scc1)c1ccc(C[SH](=O)=O)cc1Cl.